The van der Waals surface area contributed by atoms with Gasteiger partial charge < -0.3 is 19.6 Å². The maximum Gasteiger partial charge on any atom is 0.407 e. The Bertz CT molecular complexity index is 696. The van der Waals surface area contributed by atoms with Crippen LogP contribution >= 0.6 is 0 Å². The third kappa shape index (κ3) is 4.44. The van der Waals surface area contributed by atoms with Gasteiger partial charge >= 0.3 is 6.09 Å². The largest absolute Gasteiger partial charge is 0.477 e. The number of nitrogens with zero attached hydrogens (tertiary/aromatic N) is 4. The molecule has 3 aliphatic rings. The molecule has 3 saturated heterocycles. The van der Waals surface area contributed by atoms with E-state index < -0.39 is 6.09 Å². The Morgan fingerprint density at radius 1 is 1.14 bits per heavy atom. The molecule has 1 aromatic heterocycles. The summed E-state index contributed by atoms with van der Waals surface area (Å²) in [6.07, 6.45) is 4.93. The first kappa shape index (κ1) is 20.3. The zero-order valence-corrected chi connectivity index (χ0v) is 17.9. The van der Waals surface area contributed by atoms with E-state index in [0.717, 1.165) is 57.5 Å². The van der Waals surface area contributed by atoms with Crippen molar-refractivity contribution >= 4 is 11.8 Å². The van der Waals surface area contributed by atoms with E-state index in [9.17, 15) is 9.90 Å². The summed E-state index contributed by atoms with van der Waals surface area (Å²) in [5.74, 6) is 1.07. The molecule has 3 fully saturated rings. The van der Waals surface area contributed by atoms with Crippen LogP contribution in [0.2, 0.25) is 0 Å². The van der Waals surface area contributed by atoms with Crippen LogP contribution in [0.5, 0.6) is 5.88 Å². The zero-order valence-electron chi connectivity index (χ0n) is 17.9. The second-order valence-corrected chi connectivity index (χ2v) is 9.72. The van der Waals surface area contributed by atoms with Gasteiger partial charge in [0, 0.05) is 49.9 Å². The fraction of sp³-hybridized carbons (Fsp3) is 0.727. The van der Waals surface area contributed by atoms with Gasteiger partial charge in [-0.3, -0.25) is 4.90 Å². The Kier molecular flexibility index (Phi) is 5.60. The molecule has 0 unspecified atom stereocenters. The van der Waals surface area contributed by atoms with Crippen molar-refractivity contribution in [1.82, 2.24) is 14.8 Å². The van der Waals surface area contributed by atoms with E-state index in [-0.39, 0.29) is 17.6 Å². The Hall–Kier alpha value is -2.02. The van der Waals surface area contributed by atoms with Crippen LogP contribution in [-0.4, -0.2) is 76.4 Å². The van der Waals surface area contributed by atoms with Gasteiger partial charge in [-0.25, -0.2) is 9.78 Å². The van der Waals surface area contributed by atoms with E-state index in [2.05, 4.69) is 41.6 Å². The van der Waals surface area contributed by atoms with Gasteiger partial charge in [0.1, 0.15) is 0 Å². The van der Waals surface area contributed by atoms with E-state index in [0.29, 0.717) is 18.4 Å². The molecule has 1 aromatic rings. The van der Waals surface area contributed by atoms with E-state index in [1.165, 1.54) is 0 Å². The van der Waals surface area contributed by atoms with Crippen molar-refractivity contribution in [2.24, 2.45) is 5.92 Å². The minimum atomic E-state index is -0.766. The highest BCUT2D eigenvalue weighted by Gasteiger charge is 2.43. The van der Waals surface area contributed by atoms with Gasteiger partial charge in [-0.15, -0.1) is 0 Å². The minimum absolute atomic E-state index is 0.168. The zero-order chi connectivity index (χ0) is 20.6. The van der Waals surface area contributed by atoms with Crippen LogP contribution in [0.25, 0.3) is 0 Å². The second kappa shape index (κ2) is 8.01. The molecule has 160 valence electrons. The molecule has 0 aliphatic carbocycles. The lowest BCUT2D eigenvalue weighted by molar-refractivity contribution is 0.0706. The lowest BCUT2D eigenvalue weighted by Crippen LogP contribution is -2.53. The highest BCUT2D eigenvalue weighted by molar-refractivity contribution is 5.66. The molecule has 1 amide bonds. The number of amides is 1. The molecule has 0 aromatic carbocycles. The van der Waals surface area contributed by atoms with Crippen LogP contribution < -0.4 is 9.64 Å². The molecule has 4 heterocycles. The number of anilines is 1. The molecule has 2 bridgehead atoms. The van der Waals surface area contributed by atoms with Crippen LogP contribution in [0.3, 0.4) is 0 Å². The SMILES string of the molecule is CC(C)(C)N1CCN(c2ccc(OC[C@@H]3C[C@H]4CC[C@@H](C3)N4C(=O)O)nc2)CC1. The van der Waals surface area contributed by atoms with E-state index in [1.807, 2.05) is 12.3 Å². The van der Waals surface area contributed by atoms with Gasteiger partial charge in [0.05, 0.1) is 18.5 Å². The van der Waals surface area contributed by atoms with Crippen LogP contribution in [0.1, 0.15) is 46.5 Å². The number of hydrogen-bond donors (Lipinski definition) is 1. The topological polar surface area (TPSA) is 69.1 Å². The first-order valence-corrected chi connectivity index (χ1v) is 10.9. The summed E-state index contributed by atoms with van der Waals surface area (Å²) >= 11 is 0. The summed E-state index contributed by atoms with van der Waals surface area (Å²) in [4.78, 5) is 22.5. The van der Waals surface area contributed by atoms with Crippen molar-refractivity contribution in [3.05, 3.63) is 18.3 Å². The predicted molar refractivity (Wildman–Crippen MR) is 113 cm³/mol. The minimum Gasteiger partial charge on any atom is -0.477 e. The number of carboxylic acid groups (broad SMARTS) is 1. The van der Waals surface area contributed by atoms with E-state index in [4.69, 9.17) is 4.74 Å². The van der Waals surface area contributed by atoms with Crippen molar-refractivity contribution in [1.29, 1.82) is 0 Å². The maximum atomic E-state index is 11.4. The van der Waals surface area contributed by atoms with Crippen LogP contribution in [0, 0.1) is 5.92 Å². The van der Waals surface area contributed by atoms with Crippen LogP contribution in [0.15, 0.2) is 18.3 Å². The Morgan fingerprint density at radius 2 is 1.79 bits per heavy atom. The summed E-state index contributed by atoms with van der Waals surface area (Å²) in [5, 5.41) is 9.38. The average Bonchev–Trinajstić information content (AvgIpc) is 2.97. The molecule has 0 spiro atoms. The lowest BCUT2D eigenvalue weighted by atomic mass is 9.92. The molecule has 3 aliphatic heterocycles. The number of ether oxygens (including phenoxy) is 1. The Morgan fingerprint density at radius 3 is 2.31 bits per heavy atom. The fourth-order valence-corrected chi connectivity index (χ4v) is 5.22. The molecule has 3 atom stereocenters. The number of rotatable bonds is 4. The van der Waals surface area contributed by atoms with Crippen molar-refractivity contribution in [3.8, 4) is 5.88 Å². The number of carbonyl (C=O) groups is 1. The molecule has 4 rings (SSSR count). The molecule has 0 radical (unpaired) electrons. The molecule has 1 N–H and O–H groups in total. The first-order valence-electron chi connectivity index (χ1n) is 10.9. The molecule has 29 heavy (non-hydrogen) atoms. The molecular formula is C22H34N4O3. The van der Waals surface area contributed by atoms with Crippen molar-refractivity contribution in [2.45, 2.75) is 64.1 Å². The molecule has 0 saturated carbocycles. The van der Waals surface area contributed by atoms with Crippen molar-refractivity contribution < 1.29 is 14.6 Å². The van der Waals surface area contributed by atoms with Crippen LogP contribution in [0.4, 0.5) is 10.5 Å². The second-order valence-electron chi connectivity index (χ2n) is 9.72. The average molecular weight is 403 g/mol. The third-order valence-electron chi connectivity index (χ3n) is 6.83. The normalized spacial score (nSPS) is 27.9. The number of aromatic nitrogens is 1. The maximum absolute atomic E-state index is 11.4. The van der Waals surface area contributed by atoms with E-state index >= 15 is 0 Å². The summed E-state index contributed by atoms with van der Waals surface area (Å²) in [6, 6.07) is 4.40. The summed E-state index contributed by atoms with van der Waals surface area (Å²) in [7, 11) is 0. The fourth-order valence-electron chi connectivity index (χ4n) is 5.22. The number of fused-ring (bicyclic) bond motifs is 2. The number of piperazine rings is 1. The lowest BCUT2D eigenvalue weighted by Gasteiger charge is -2.42. The third-order valence-corrected chi connectivity index (χ3v) is 6.83. The smallest absolute Gasteiger partial charge is 0.407 e. The molecule has 7 nitrogen and oxygen atoms in total. The van der Waals surface area contributed by atoms with Crippen LogP contribution in [-0.2, 0) is 0 Å². The highest BCUT2D eigenvalue weighted by atomic mass is 16.5. The van der Waals surface area contributed by atoms with Gasteiger partial charge in [-0.05, 0) is 58.4 Å². The number of hydrogen-bond acceptors (Lipinski definition) is 5. The monoisotopic (exact) mass is 402 g/mol. The quantitative estimate of drug-likeness (QED) is 0.833. The highest BCUT2D eigenvalue weighted by Crippen LogP contribution is 2.38. The Labute approximate surface area is 173 Å². The standard InChI is InChI=1S/C22H34N4O3/c1-22(2,3)25-10-8-24(9-11-25)19-6-7-20(23-14-19)29-15-16-12-17-4-5-18(13-16)26(17)21(27)28/h6-7,14,16-18H,4-5,8-13,15H2,1-3H3,(H,27,28)/t16-,17-,18+. The van der Waals surface area contributed by atoms with E-state index in [1.54, 1.807) is 4.90 Å². The van der Waals surface area contributed by atoms with Crippen molar-refractivity contribution in [3.63, 3.8) is 0 Å². The Balaban J connectivity index is 1.26. The van der Waals surface area contributed by atoms with Gasteiger partial charge in [0.2, 0.25) is 5.88 Å². The first-order chi connectivity index (χ1) is 13.8. The van der Waals surface area contributed by atoms with Gasteiger partial charge in [-0.1, -0.05) is 0 Å². The van der Waals surface area contributed by atoms with Crippen molar-refractivity contribution in [2.75, 3.05) is 37.7 Å². The summed E-state index contributed by atoms with van der Waals surface area (Å²) < 4.78 is 5.97. The number of pyridine rings is 1. The van der Waals surface area contributed by atoms with Gasteiger partial charge in [0.15, 0.2) is 0 Å². The van der Waals surface area contributed by atoms with Gasteiger partial charge in [-0.2, -0.15) is 0 Å². The predicted octanol–water partition coefficient (Wildman–Crippen LogP) is 3.30. The number of piperidine rings is 1. The summed E-state index contributed by atoms with van der Waals surface area (Å²) in [6.45, 7) is 11.6. The molecular weight excluding hydrogens is 368 g/mol. The molecule has 7 heteroatoms. The van der Waals surface area contributed by atoms with Gasteiger partial charge in [0.25, 0.3) is 0 Å². The summed E-state index contributed by atoms with van der Waals surface area (Å²) in [5.41, 5.74) is 1.38.